The molecule has 0 saturated heterocycles. The van der Waals surface area contributed by atoms with Gasteiger partial charge in [-0.05, 0) is 30.7 Å². The number of hydrogen-bond donors (Lipinski definition) is 0. The molecule has 0 unspecified atom stereocenters. The van der Waals surface area contributed by atoms with Gasteiger partial charge in [0, 0.05) is 17.6 Å². The van der Waals surface area contributed by atoms with Crippen LogP contribution in [-0.4, -0.2) is 6.54 Å². The molecule has 0 aliphatic carbocycles. The zero-order valence-electron chi connectivity index (χ0n) is 10.9. The van der Waals surface area contributed by atoms with Crippen molar-refractivity contribution in [1.82, 2.24) is 0 Å². The van der Waals surface area contributed by atoms with Crippen molar-refractivity contribution in [3.63, 3.8) is 0 Å². The van der Waals surface area contributed by atoms with E-state index in [1.165, 1.54) is 0 Å². The molecule has 2 heterocycles. The van der Waals surface area contributed by atoms with Gasteiger partial charge in [0.1, 0.15) is 5.58 Å². The number of hydrogen-bond acceptors (Lipinski definition) is 3. The van der Waals surface area contributed by atoms with Crippen LogP contribution in [0.25, 0.3) is 11.0 Å². The molecule has 0 N–H and O–H groups in total. The van der Waals surface area contributed by atoms with Crippen LogP contribution in [0, 0.1) is 0 Å². The summed E-state index contributed by atoms with van der Waals surface area (Å²) in [5.41, 5.74) is 3.34. The van der Waals surface area contributed by atoms with Gasteiger partial charge in [0.2, 0.25) is 0 Å². The van der Waals surface area contributed by atoms with Crippen LogP contribution in [-0.2, 0) is 6.42 Å². The van der Waals surface area contributed by atoms with Gasteiger partial charge in [0.25, 0.3) is 0 Å². The Morgan fingerprint density at radius 1 is 0.950 bits per heavy atom. The number of fused-ring (bicyclic) bond motifs is 3. The van der Waals surface area contributed by atoms with Gasteiger partial charge in [-0.1, -0.05) is 30.3 Å². The largest absolute Gasteiger partial charge is 0.422 e. The average molecular weight is 263 g/mol. The van der Waals surface area contributed by atoms with Crippen LogP contribution < -0.4 is 10.5 Å². The van der Waals surface area contributed by atoms with Crippen LogP contribution in [0.4, 0.5) is 11.4 Å². The third kappa shape index (κ3) is 1.56. The maximum absolute atomic E-state index is 12.1. The summed E-state index contributed by atoms with van der Waals surface area (Å²) in [5, 5.41) is 1.00. The van der Waals surface area contributed by atoms with Gasteiger partial charge in [0.05, 0.1) is 11.3 Å². The van der Waals surface area contributed by atoms with Crippen LogP contribution in [0.1, 0.15) is 5.56 Å². The molecule has 0 radical (unpaired) electrons. The standard InChI is InChI=1S/C17H13NO2/c19-17-14-10-11-18(12-6-2-1-3-7-12)16(14)13-8-4-5-9-15(13)20-17/h1-9H,10-11H2. The maximum Gasteiger partial charge on any atom is 0.341 e. The molecule has 0 bridgehead atoms. The van der Waals surface area contributed by atoms with Crippen LogP contribution in [0.3, 0.4) is 0 Å². The zero-order valence-corrected chi connectivity index (χ0v) is 10.9. The van der Waals surface area contributed by atoms with Gasteiger partial charge in [0.15, 0.2) is 0 Å². The maximum atomic E-state index is 12.1. The second kappa shape index (κ2) is 4.23. The molecule has 98 valence electrons. The van der Waals surface area contributed by atoms with E-state index in [1.807, 2.05) is 42.5 Å². The van der Waals surface area contributed by atoms with Crippen molar-refractivity contribution in [3.8, 4) is 0 Å². The Labute approximate surface area is 116 Å². The summed E-state index contributed by atoms with van der Waals surface area (Å²) in [7, 11) is 0. The van der Waals surface area contributed by atoms with Crippen molar-refractivity contribution in [3.05, 3.63) is 70.6 Å². The fourth-order valence-corrected chi connectivity index (χ4v) is 2.90. The Balaban J connectivity index is 2.03. The molecular weight excluding hydrogens is 250 g/mol. The van der Waals surface area contributed by atoms with E-state index < -0.39 is 0 Å². The molecule has 0 fully saturated rings. The predicted molar refractivity (Wildman–Crippen MR) is 79.6 cm³/mol. The third-order valence-electron chi connectivity index (χ3n) is 3.80. The van der Waals surface area contributed by atoms with Crippen molar-refractivity contribution in [2.75, 3.05) is 11.4 Å². The second-order valence-electron chi connectivity index (χ2n) is 4.95. The van der Waals surface area contributed by atoms with Crippen molar-refractivity contribution >= 4 is 22.3 Å². The Bertz CT molecular complexity index is 836. The molecule has 4 rings (SSSR count). The Kier molecular flexibility index (Phi) is 2.39. The lowest BCUT2D eigenvalue weighted by Crippen LogP contribution is -2.13. The Morgan fingerprint density at radius 3 is 2.55 bits per heavy atom. The molecule has 20 heavy (non-hydrogen) atoms. The van der Waals surface area contributed by atoms with E-state index in [2.05, 4.69) is 17.0 Å². The summed E-state index contributed by atoms with van der Waals surface area (Å²) in [5.74, 6) is 0. The van der Waals surface area contributed by atoms with E-state index in [1.54, 1.807) is 0 Å². The zero-order chi connectivity index (χ0) is 13.5. The van der Waals surface area contributed by atoms with Gasteiger partial charge >= 0.3 is 5.63 Å². The van der Waals surface area contributed by atoms with Gasteiger partial charge in [-0.3, -0.25) is 0 Å². The summed E-state index contributed by atoms with van der Waals surface area (Å²) in [6.07, 6.45) is 0.734. The highest BCUT2D eigenvalue weighted by molar-refractivity contribution is 5.95. The lowest BCUT2D eigenvalue weighted by molar-refractivity contribution is 0.554. The lowest BCUT2D eigenvalue weighted by Gasteiger charge is -2.20. The normalized spacial score (nSPS) is 13.7. The molecule has 0 spiro atoms. The Morgan fingerprint density at radius 2 is 1.70 bits per heavy atom. The fraction of sp³-hybridized carbons (Fsp3) is 0.118. The molecule has 3 nitrogen and oxygen atoms in total. The molecule has 2 aromatic carbocycles. The van der Waals surface area contributed by atoms with Crippen LogP contribution in [0.5, 0.6) is 0 Å². The molecule has 0 amide bonds. The van der Waals surface area contributed by atoms with E-state index in [0.717, 1.165) is 35.3 Å². The molecule has 1 aliphatic heterocycles. The number of benzene rings is 2. The Hall–Kier alpha value is -2.55. The highest BCUT2D eigenvalue weighted by Gasteiger charge is 2.26. The molecule has 3 heteroatoms. The van der Waals surface area contributed by atoms with Crippen molar-refractivity contribution in [2.24, 2.45) is 0 Å². The van der Waals surface area contributed by atoms with Gasteiger partial charge < -0.3 is 9.32 Å². The molecular formula is C17H13NO2. The molecule has 3 aromatic rings. The van der Waals surface area contributed by atoms with Gasteiger partial charge in [-0.15, -0.1) is 0 Å². The first-order valence-corrected chi connectivity index (χ1v) is 6.72. The van der Waals surface area contributed by atoms with E-state index in [4.69, 9.17) is 4.42 Å². The quantitative estimate of drug-likeness (QED) is 0.630. The number of para-hydroxylation sites is 2. The van der Waals surface area contributed by atoms with E-state index >= 15 is 0 Å². The first-order chi connectivity index (χ1) is 9.84. The number of anilines is 2. The highest BCUT2D eigenvalue weighted by Crippen LogP contribution is 2.38. The summed E-state index contributed by atoms with van der Waals surface area (Å²) in [4.78, 5) is 14.3. The monoisotopic (exact) mass is 263 g/mol. The van der Waals surface area contributed by atoms with Crippen LogP contribution in [0.15, 0.2) is 63.8 Å². The minimum absolute atomic E-state index is 0.211. The molecule has 0 atom stereocenters. The molecule has 1 aromatic heterocycles. The third-order valence-corrected chi connectivity index (χ3v) is 3.80. The predicted octanol–water partition coefficient (Wildman–Crippen LogP) is 3.49. The minimum Gasteiger partial charge on any atom is -0.422 e. The average Bonchev–Trinajstić information content (AvgIpc) is 2.94. The summed E-state index contributed by atoms with van der Waals surface area (Å²) in [6.45, 7) is 0.818. The van der Waals surface area contributed by atoms with E-state index in [9.17, 15) is 4.79 Å². The highest BCUT2D eigenvalue weighted by atomic mass is 16.4. The lowest BCUT2D eigenvalue weighted by atomic mass is 10.1. The molecule has 1 aliphatic rings. The summed E-state index contributed by atoms with van der Waals surface area (Å²) in [6, 6.07) is 17.9. The SMILES string of the molecule is O=c1oc2ccccc2c2c1CCN2c1ccccc1. The van der Waals surface area contributed by atoms with E-state index in [-0.39, 0.29) is 5.63 Å². The molecule has 0 saturated carbocycles. The smallest absolute Gasteiger partial charge is 0.341 e. The first kappa shape index (κ1) is 11.3. The van der Waals surface area contributed by atoms with E-state index in [0.29, 0.717) is 5.58 Å². The second-order valence-corrected chi connectivity index (χ2v) is 4.95. The topological polar surface area (TPSA) is 33.5 Å². The number of nitrogens with zero attached hydrogens (tertiary/aromatic N) is 1. The minimum atomic E-state index is -0.211. The summed E-state index contributed by atoms with van der Waals surface area (Å²) < 4.78 is 5.41. The summed E-state index contributed by atoms with van der Waals surface area (Å²) >= 11 is 0. The fourth-order valence-electron chi connectivity index (χ4n) is 2.90. The van der Waals surface area contributed by atoms with Crippen molar-refractivity contribution < 1.29 is 4.42 Å². The van der Waals surface area contributed by atoms with Crippen molar-refractivity contribution in [2.45, 2.75) is 6.42 Å². The van der Waals surface area contributed by atoms with Crippen LogP contribution in [0.2, 0.25) is 0 Å². The number of rotatable bonds is 1. The van der Waals surface area contributed by atoms with Gasteiger partial charge in [-0.2, -0.15) is 0 Å². The van der Waals surface area contributed by atoms with Gasteiger partial charge in [-0.25, -0.2) is 4.79 Å². The van der Waals surface area contributed by atoms with Crippen molar-refractivity contribution in [1.29, 1.82) is 0 Å². The first-order valence-electron chi connectivity index (χ1n) is 6.72. The van der Waals surface area contributed by atoms with Crippen LogP contribution >= 0.6 is 0 Å².